The zero-order valence-corrected chi connectivity index (χ0v) is 41.5. The molecule has 0 saturated carbocycles. The largest absolute Gasteiger partial charge is 0.258 e. The van der Waals surface area contributed by atoms with Crippen molar-refractivity contribution in [2.75, 3.05) is 0 Å². The van der Waals surface area contributed by atoms with Crippen molar-refractivity contribution in [3.8, 4) is 112 Å². The summed E-state index contributed by atoms with van der Waals surface area (Å²) in [6, 6.07) is 92.0. The summed E-state index contributed by atoms with van der Waals surface area (Å²) in [7, 11) is 0. The van der Waals surface area contributed by atoms with Crippen LogP contribution in [0.15, 0.2) is 255 Å². The highest BCUT2D eigenvalue weighted by atomic mass is 15.0. The summed E-state index contributed by atoms with van der Waals surface area (Å²) < 4.78 is 0. The zero-order valence-electron chi connectivity index (χ0n) is 41.5. The lowest BCUT2D eigenvalue weighted by atomic mass is 9.70. The van der Waals surface area contributed by atoms with Crippen molar-refractivity contribution < 1.29 is 0 Å². The Morgan fingerprint density at radius 1 is 0.240 bits per heavy atom. The minimum atomic E-state index is -0.506. The number of nitrogens with zero attached hydrogens (tertiary/aromatic N) is 4. The molecule has 2 aromatic heterocycles. The van der Waals surface area contributed by atoms with Crippen molar-refractivity contribution in [1.82, 2.24) is 19.9 Å². The zero-order chi connectivity index (χ0) is 50.0. The number of aryl methyl sites for hydroxylation is 2. The summed E-state index contributed by atoms with van der Waals surface area (Å²) in [6.45, 7) is 4.10. The van der Waals surface area contributed by atoms with E-state index in [0.717, 1.165) is 72.6 Å². The van der Waals surface area contributed by atoms with E-state index in [1.165, 1.54) is 55.6 Å². The van der Waals surface area contributed by atoms with E-state index in [0.29, 0.717) is 17.5 Å². The van der Waals surface area contributed by atoms with Crippen molar-refractivity contribution in [2.24, 2.45) is 0 Å². The highest BCUT2D eigenvalue weighted by Crippen LogP contribution is 2.63. The van der Waals surface area contributed by atoms with Gasteiger partial charge in [0.05, 0.1) is 5.41 Å². The topological polar surface area (TPSA) is 51.6 Å². The van der Waals surface area contributed by atoms with E-state index in [9.17, 15) is 0 Å². The van der Waals surface area contributed by atoms with Crippen LogP contribution in [0.4, 0.5) is 0 Å². The summed E-state index contributed by atoms with van der Waals surface area (Å²) in [5, 5.41) is 0. The Morgan fingerprint density at radius 2 is 0.653 bits per heavy atom. The van der Waals surface area contributed by atoms with E-state index in [1.807, 2.05) is 6.92 Å². The second kappa shape index (κ2) is 17.8. The third-order valence-corrected chi connectivity index (χ3v) is 15.4. The highest BCUT2D eigenvalue weighted by molar-refractivity contribution is 5.99. The molecule has 0 bridgehead atoms. The summed E-state index contributed by atoms with van der Waals surface area (Å²) in [6.07, 6.45) is 0. The summed E-state index contributed by atoms with van der Waals surface area (Å²) >= 11 is 0. The molecule has 75 heavy (non-hydrogen) atoms. The fraction of sp³-hybridized carbons (Fsp3) is 0.0423. The standard InChI is InChI=1S/C71H48N4/c1-45-33-39-56(46(2)72-45)52-25-18-26-53(41-52)69-73-68(51-36-34-50(35-37-51)67-61(48-21-8-4-9-22-48)42-55(47-19-6-3-7-20-47)43-62(67)49-23-10-5-11-24-49)74-70(75-69)54-38-40-60-59-29-14-17-32-65(59)71(66(60)44-54)63-30-15-12-27-57(63)58-28-13-16-31-64(58)71/h3-44H,1-2H3. The minimum Gasteiger partial charge on any atom is -0.258 e. The van der Waals surface area contributed by atoms with Crippen molar-refractivity contribution in [3.63, 3.8) is 0 Å². The third-order valence-electron chi connectivity index (χ3n) is 15.4. The maximum absolute atomic E-state index is 5.43. The van der Waals surface area contributed by atoms with Gasteiger partial charge in [0.25, 0.3) is 0 Å². The average molecular weight is 957 g/mol. The van der Waals surface area contributed by atoms with Crippen molar-refractivity contribution >= 4 is 0 Å². The molecule has 0 aliphatic heterocycles. The van der Waals surface area contributed by atoms with E-state index in [1.54, 1.807) is 0 Å². The molecule has 1 spiro atoms. The lowest BCUT2D eigenvalue weighted by Crippen LogP contribution is -2.25. The molecular formula is C71H48N4. The molecule has 0 fully saturated rings. The molecule has 352 valence electrons. The quantitative estimate of drug-likeness (QED) is 0.152. The van der Waals surface area contributed by atoms with Gasteiger partial charge in [0.1, 0.15) is 0 Å². The van der Waals surface area contributed by atoms with Gasteiger partial charge in [0.15, 0.2) is 17.5 Å². The monoisotopic (exact) mass is 956 g/mol. The van der Waals surface area contributed by atoms with Crippen molar-refractivity contribution in [3.05, 3.63) is 288 Å². The van der Waals surface area contributed by atoms with E-state index in [4.69, 9.17) is 19.9 Å². The second-order valence-electron chi connectivity index (χ2n) is 19.7. The van der Waals surface area contributed by atoms with Crippen molar-refractivity contribution in [2.45, 2.75) is 19.3 Å². The van der Waals surface area contributed by atoms with Crippen LogP contribution in [0.5, 0.6) is 0 Å². The number of rotatable bonds is 8. The van der Waals surface area contributed by atoms with Crippen LogP contribution < -0.4 is 0 Å². The average Bonchev–Trinajstić information content (AvgIpc) is 3.95. The minimum absolute atomic E-state index is 0.506. The molecule has 4 nitrogen and oxygen atoms in total. The lowest BCUT2D eigenvalue weighted by Gasteiger charge is -2.30. The molecule has 0 saturated heterocycles. The molecule has 2 aliphatic rings. The Morgan fingerprint density at radius 3 is 1.20 bits per heavy atom. The van der Waals surface area contributed by atoms with Crippen LogP contribution in [-0.4, -0.2) is 19.9 Å². The van der Waals surface area contributed by atoms with E-state index < -0.39 is 5.41 Å². The van der Waals surface area contributed by atoms with Crippen LogP contribution in [-0.2, 0) is 5.41 Å². The van der Waals surface area contributed by atoms with Gasteiger partial charge in [-0.25, -0.2) is 15.0 Å². The van der Waals surface area contributed by atoms with Gasteiger partial charge >= 0.3 is 0 Å². The van der Waals surface area contributed by atoms with E-state index >= 15 is 0 Å². The van der Waals surface area contributed by atoms with Gasteiger partial charge in [0, 0.05) is 33.6 Å². The molecule has 0 atom stereocenters. The van der Waals surface area contributed by atoms with Gasteiger partial charge in [-0.2, -0.15) is 0 Å². The molecule has 10 aromatic carbocycles. The maximum atomic E-state index is 5.43. The molecule has 2 heterocycles. The molecule has 0 N–H and O–H groups in total. The van der Waals surface area contributed by atoms with Crippen LogP contribution in [0.1, 0.15) is 33.6 Å². The second-order valence-corrected chi connectivity index (χ2v) is 19.7. The number of hydrogen-bond donors (Lipinski definition) is 0. The Bertz CT molecular complexity index is 4060. The molecule has 2 aliphatic carbocycles. The van der Waals surface area contributed by atoms with Gasteiger partial charge < -0.3 is 0 Å². The van der Waals surface area contributed by atoms with Gasteiger partial charge in [-0.15, -0.1) is 0 Å². The van der Waals surface area contributed by atoms with Gasteiger partial charge in [0.2, 0.25) is 0 Å². The number of hydrogen-bond acceptors (Lipinski definition) is 4. The first kappa shape index (κ1) is 44.1. The molecule has 12 aromatic rings. The third kappa shape index (κ3) is 7.28. The summed E-state index contributed by atoms with van der Waals surface area (Å²) in [5.41, 5.74) is 25.7. The Hall–Kier alpha value is -9.64. The Labute approximate surface area is 437 Å². The predicted octanol–water partition coefficient (Wildman–Crippen LogP) is 17.6. The Kier molecular flexibility index (Phi) is 10.5. The lowest BCUT2D eigenvalue weighted by molar-refractivity contribution is 0.794. The van der Waals surface area contributed by atoms with Crippen LogP contribution >= 0.6 is 0 Å². The fourth-order valence-corrected chi connectivity index (χ4v) is 12.0. The summed E-state index contributed by atoms with van der Waals surface area (Å²) in [4.78, 5) is 21.0. The Balaban J connectivity index is 0.956. The van der Waals surface area contributed by atoms with Crippen molar-refractivity contribution in [1.29, 1.82) is 0 Å². The predicted molar refractivity (Wildman–Crippen MR) is 307 cm³/mol. The molecule has 0 unspecified atom stereocenters. The normalized spacial score (nSPS) is 12.5. The first-order valence-electron chi connectivity index (χ1n) is 25.7. The first-order chi connectivity index (χ1) is 37.0. The van der Waals surface area contributed by atoms with Gasteiger partial charge in [-0.1, -0.05) is 224 Å². The SMILES string of the molecule is Cc1ccc(-c2cccc(-c3nc(-c4ccc(-c5c(-c6ccccc6)cc(-c6ccccc6)cc5-c5ccccc5)cc4)nc(-c4ccc5c(c4)C4(c6ccccc6-c6ccccc64)c4ccccc4-5)n3)c2)c(C)n1. The van der Waals surface area contributed by atoms with Gasteiger partial charge in [-0.05, 0) is 139 Å². The molecule has 4 heteroatoms. The van der Waals surface area contributed by atoms with Gasteiger partial charge in [-0.3, -0.25) is 4.98 Å². The number of aromatic nitrogens is 4. The summed E-state index contributed by atoms with van der Waals surface area (Å²) in [5.74, 6) is 1.81. The molecule has 0 amide bonds. The molecule has 14 rings (SSSR count). The highest BCUT2D eigenvalue weighted by Gasteiger charge is 2.51. The number of fused-ring (bicyclic) bond motifs is 10. The van der Waals surface area contributed by atoms with E-state index in [2.05, 4.69) is 262 Å². The van der Waals surface area contributed by atoms with Crippen LogP contribution in [0.2, 0.25) is 0 Å². The maximum Gasteiger partial charge on any atom is 0.164 e. The van der Waals surface area contributed by atoms with Crippen LogP contribution in [0.25, 0.3) is 112 Å². The molecular weight excluding hydrogens is 909 g/mol. The number of benzene rings is 10. The van der Waals surface area contributed by atoms with Crippen LogP contribution in [0, 0.1) is 13.8 Å². The fourth-order valence-electron chi connectivity index (χ4n) is 12.0. The number of pyridine rings is 1. The van der Waals surface area contributed by atoms with Crippen LogP contribution in [0.3, 0.4) is 0 Å². The molecule has 0 radical (unpaired) electrons. The van der Waals surface area contributed by atoms with E-state index in [-0.39, 0.29) is 0 Å². The first-order valence-corrected chi connectivity index (χ1v) is 25.7. The smallest absolute Gasteiger partial charge is 0.164 e.